The van der Waals surface area contributed by atoms with E-state index in [-0.39, 0.29) is 17.2 Å². The molecule has 30 heavy (non-hydrogen) atoms. The van der Waals surface area contributed by atoms with Crippen LogP contribution in [0.15, 0.2) is 29.1 Å². The average Bonchev–Trinajstić information content (AvgIpc) is 3.25. The minimum absolute atomic E-state index is 0.0683. The first-order valence-electron chi connectivity index (χ1n) is 10.3. The number of aromatic amines is 1. The fourth-order valence-electron chi connectivity index (χ4n) is 4.22. The summed E-state index contributed by atoms with van der Waals surface area (Å²) in [5.41, 5.74) is 2.66. The second-order valence-electron chi connectivity index (χ2n) is 7.93. The summed E-state index contributed by atoms with van der Waals surface area (Å²) in [5.74, 6) is 1.46. The van der Waals surface area contributed by atoms with Crippen molar-refractivity contribution >= 4 is 10.0 Å². The highest BCUT2D eigenvalue weighted by Crippen LogP contribution is 2.27. The molecule has 1 fully saturated rings. The minimum Gasteiger partial charge on any atom is -0.497 e. The van der Waals surface area contributed by atoms with E-state index in [0.717, 1.165) is 30.1 Å². The zero-order valence-electron chi connectivity index (χ0n) is 17.4. The van der Waals surface area contributed by atoms with E-state index in [4.69, 9.17) is 9.72 Å². The first kappa shape index (κ1) is 21.0. The van der Waals surface area contributed by atoms with Crippen LogP contribution in [0, 0.1) is 0 Å². The van der Waals surface area contributed by atoms with E-state index in [0.29, 0.717) is 38.3 Å². The molecule has 0 bridgehead atoms. The molecule has 1 saturated heterocycles. The van der Waals surface area contributed by atoms with Crippen molar-refractivity contribution < 1.29 is 13.2 Å². The monoisotopic (exact) mass is 432 g/mol. The van der Waals surface area contributed by atoms with Gasteiger partial charge in [0.15, 0.2) is 0 Å². The number of H-pyrrole nitrogens is 1. The highest BCUT2D eigenvalue weighted by molar-refractivity contribution is 7.89. The van der Waals surface area contributed by atoms with Crippen LogP contribution in [0.3, 0.4) is 0 Å². The van der Waals surface area contributed by atoms with Crippen LogP contribution in [0.2, 0.25) is 0 Å². The summed E-state index contributed by atoms with van der Waals surface area (Å²) in [6.45, 7) is 4.70. The molecule has 4 rings (SSSR count). The van der Waals surface area contributed by atoms with Gasteiger partial charge in [-0.1, -0.05) is 12.1 Å². The van der Waals surface area contributed by atoms with Crippen LogP contribution in [-0.2, 0) is 29.5 Å². The maximum atomic E-state index is 12.7. The van der Waals surface area contributed by atoms with E-state index in [1.165, 1.54) is 9.87 Å². The molecule has 8 nitrogen and oxygen atoms in total. The predicted molar refractivity (Wildman–Crippen MR) is 114 cm³/mol. The van der Waals surface area contributed by atoms with Crippen LogP contribution < -0.4 is 10.3 Å². The number of hydrogen-bond donors (Lipinski definition) is 1. The van der Waals surface area contributed by atoms with Gasteiger partial charge in [-0.25, -0.2) is 17.7 Å². The number of hydrogen-bond acceptors (Lipinski definition) is 6. The van der Waals surface area contributed by atoms with E-state index in [2.05, 4.69) is 9.88 Å². The number of fused-ring (bicyclic) bond motifs is 1. The van der Waals surface area contributed by atoms with Crippen LogP contribution in [0.1, 0.15) is 41.9 Å². The quantitative estimate of drug-likeness (QED) is 0.743. The molecular weight excluding hydrogens is 404 g/mol. The molecule has 0 saturated carbocycles. The molecule has 2 aromatic rings. The van der Waals surface area contributed by atoms with Crippen molar-refractivity contribution in [3.63, 3.8) is 0 Å². The summed E-state index contributed by atoms with van der Waals surface area (Å²) in [7, 11) is -1.57. The van der Waals surface area contributed by atoms with Gasteiger partial charge in [0.2, 0.25) is 10.0 Å². The van der Waals surface area contributed by atoms with Crippen molar-refractivity contribution in [3.8, 4) is 5.75 Å². The highest BCUT2D eigenvalue weighted by Gasteiger charge is 2.33. The first-order valence-corrected chi connectivity index (χ1v) is 12.0. The van der Waals surface area contributed by atoms with Gasteiger partial charge in [-0.15, -0.1) is 0 Å². The summed E-state index contributed by atoms with van der Waals surface area (Å²) in [5, 5.41) is 0. The Morgan fingerprint density at radius 2 is 2.00 bits per heavy atom. The summed E-state index contributed by atoms with van der Waals surface area (Å²) in [4.78, 5) is 22.6. The highest BCUT2D eigenvalue weighted by atomic mass is 32.2. The third-order valence-electron chi connectivity index (χ3n) is 6.03. The Kier molecular flexibility index (Phi) is 5.95. The number of methoxy groups -OCH3 is 1. The number of benzene rings is 1. The maximum absolute atomic E-state index is 12.7. The van der Waals surface area contributed by atoms with Crippen molar-refractivity contribution in [2.45, 2.75) is 38.8 Å². The predicted octanol–water partition coefficient (Wildman–Crippen LogP) is 1.48. The Bertz CT molecular complexity index is 1070. The molecule has 0 spiro atoms. The number of ether oxygens (including phenoxy) is 1. The topological polar surface area (TPSA) is 95.6 Å². The van der Waals surface area contributed by atoms with Crippen LogP contribution in [0.5, 0.6) is 5.75 Å². The van der Waals surface area contributed by atoms with Gasteiger partial charge in [0.1, 0.15) is 11.6 Å². The first-order chi connectivity index (χ1) is 14.4. The molecule has 1 atom stereocenters. The van der Waals surface area contributed by atoms with Crippen LogP contribution in [0.25, 0.3) is 0 Å². The third-order valence-corrected chi connectivity index (χ3v) is 7.88. The molecule has 3 heterocycles. The number of nitrogens with one attached hydrogen (secondary N) is 1. The molecule has 9 heteroatoms. The van der Waals surface area contributed by atoms with Crippen molar-refractivity contribution in [1.29, 1.82) is 0 Å². The Balaban J connectivity index is 1.50. The average molecular weight is 433 g/mol. The van der Waals surface area contributed by atoms with Crippen molar-refractivity contribution in [1.82, 2.24) is 19.2 Å². The van der Waals surface area contributed by atoms with E-state index >= 15 is 0 Å². The molecule has 0 aliphatic carbocycles. The minimum atomic E-state index is -3.22. The van der Waals surface area contributed by atoms with E-state index in [9.17, 15) is 13.2 Å². The summed E-state index contributed by atoms with van der Waals surface area (Å²) in [6, 6.07) is 7.99. The summed E-state index contributed by atoms with van der Waals surface area (Å²) in [6.07, 6.45) is 1.34. The molecular formula is C21H28N4O4S. The second-order valence-corrected chi connectivity index (χ2v) is 10.2. The third kappa shape index (κ3) is 4.28. The summed E-state index contributed by atoms with van der Waals surface area (Å²) < 4.78 is 31.0. The number of sulfonamides is 1. The fraction of sp³-hybridized carbons (Fsp3) is 0.524. The lowest BCUT2D eigenvalue weighted by molar-refractivity contribution is 0.239. The van der Waals surface area contributed by atoms with E-state index in [1.807, 2.05) is 24.3 Å². The molecule has 1 aromatic carbocycles. The maximum Gasteiger partial charge on any atom is 0.254 e. The normalized spacial score (nSPS) is 20.3. The molecule has 162 valence electrons. The van der Waals surface area contributed by atoms with Gasteiger partial charge in [0, 0.05) is 44.2 Å². The fourth-order valence-corrected chi connectivity index (χ4v) is 5.37. The van der Waals surface area contributed by atoms with E-state index < -0.39 is 10.0 Å². The van der Waals surface area contributed by atoms with Gasteiger partial charge in [0.25, 0.3) is 5.56 Å². The summed E-state index contributed by atoms with van der Waals surface area (Å²) >= 11 is 0. The van der Waals surface area contributed by atoms with Crippen molar-refractivity contribution in [3.05, 3.63) is 57.3 Å². The van der Waals surface area contributed by atoms with Crippen molar-refractivity contribution in [2.24, 2.45) is 0 Å². The molecule has 1 N–H and O–H groups in total. The van der Waals surface area contributed by atoms with Gasteiger partial charge >= 0.3 is 0 Å². The SMILES string of the molecule is CCS(=O)(=O)N1CC[C@@H](c2nc3c(c(=O)[nH]2)CCN(Cc2ccc(OC)cc2)C3)C1. The van der Waals surface area contributed by atoms with Gasteiger partial charge in [-0.05, 0) is 37.5 Å². The Morgan fingerprint density at radius 1 is 1.23 bits per heavy atom. The number of nitrogens with zero attached hydrogens (tertiary/aromatic N) is 3. The Labute approximate surface area is 176 Å². The van der Waals surface area contributed by atoms with Gasteiger partial charge in [-0.3, -0.25) is 9.69 Å². The van der Waals surface area contributed by atoms with Gasteiger partial charge in [0.05, 0.1) is 18.6 Å². The largest absolute Gasteiger partial charge is 0.497 e. The molecule has 0 amide bonds. The van der Waals surface area contributed by atoms with Crippen LogP contribution >= 0.6 is 0 Å². The standard InChI is InChI=1S/C21H28N4O4S/c1-3-30(27,28)25-11-8-16(13-25)20-22-19-14-24(10-9-18(19)21(26)23-20)12-15-4-6-17(29-2)7-5-15/h4-7,16H,3,8-14H2,1-2H3,(H,22,23,26)/t16-/m1/s1. The number of rotatable bonds is 6. The lowest BCUT2D eigenvalue weighted by Crippen LogP contribution is -2.36. The zero-order valence-corrected chi connectivity index (χ0v) is 18.2. The Morgan fingerprint density at radius 3 is 2.70 bits per heavy atom. The molecule has 0 radical (unpaired) electrons. The second kappa shape index (κ2) is 8.49. The smallest absolute Gasteiger partial charge is 0.254 e. The van der Waals surface area contributed by atoms with Crippen molar-refractivity contribution in [2.75, 3.05) is 32.5 Å². The molecule has 0 unspecified atom stereocenters. The lowest BCUT2D eigenvalue weighted by Gasteiger charge is -2.28. The van der Waals surface area contributed by atoms with Gasteiger partial charge in [-0.2, -0.15) is 0 Å². The molecule has 2 aliphatic heterocycles. The lowest BCUT2D eigenvalue weighted by atomic mass is 10.0. The zero-order chi connectivity index (χ0) is 21.3. The number of aromatic nitrogens is 2. The van der Waals surface area contributed by atoms with Crippen LogP contribution in [-0.4, -0.2) is 60.1 Å². The molecule has 2 aliphatic rings. The van der Waals surface area contributed by atoms with Crippen LogP contribution in [0.4, 0.5) is 0 Å². The molecule has 1 aromatic heterocycles. The Hall–Kier alpha value is -2.23. The van der Waals surface area contributed by atoms with E-state index in [1.54, 1.807) is 14.0 Å². The van der Waals surface area contributed by atoms with Gasteiger partial charge < -0.3 is 9.72 Å².